The molecule has 2 aliphatic rings. The zero-order valence-electron chi connectivity index (χ0n) is 15.7. The lowest BCUT2D eigenvalue weighted by molar-refractivity contribution is -0.176. The molecule has 0 saturated carbocycles. The second-order valence-corrected chi connectivity index (χ2v) is 7.42. The SMILES string of the molecule is O=C1N(c2ccc(OCC(F)(F)F)cc2)C[C@@H]2C[C@@](O)(CCOCC(F)(F)F)CN12. The maximum Gasteiger partial charge on any atom is 0.422 e. The number of ether oxygens (including phenoxy) is 2. The van der Waals surface area contributed by atoms with Crippen molar-refractivity contribution in [1.82, 2.24) is 4.90 Å². The predicted molar refractivity (Wildman–Crippen MR) is 92.3 cm³/mol. The van der Waals surface area contributed by atoms with Crippen molar-refractivity contribution in [3.8, 4) is 5.75 Å². The van der Waals surface area contributed by atoms with Gasteiger partial charge >= 0.3 is 18.4 Å². The van der Waals surface area contributed by atoms with Gasteiger partial charge in [0.25, 0.3) is 0 Å². The molecule has 0 aliphatic carbocycles. The van der Waals surface area contributed by atoms with E-state index in [0.29, 0.717) is 5.69 Å². The first-order valence-electron chi connectivity index (χ1n) is 9.10. The standard InChI is InChI=1S/C18H20F6N2O4/c19-17(20,21)10-29-6-5-16(28)7-13-8-25(15(27)26(13)9-16)12-1-3-14(4-2-12)30-11-18(22,23)24/h1-4,13,28H,5-11H2/t13-,16-/m0/s1. The lowest BCUT2D eigenvalue weighted by Crippen LogP contribution is -2.40. The molecule has 0 spiro atoms. The van der Waals surface area contributed by atoms with Gasteiger partial charge in [-0.1, -0.05) is 0 Å². The molecule has 2 saturated heterocycles. The molecule has 30 heavy (non-hydrogen) atoms. The Bertz CT molecular complexity index is 755. The zero-order chi connectivity index (χ0) is 22.2. The minimum absolute atomic E-state index is 0.0106. The molecule has 1 aromatic carbocycles. The lowest BCUT2D eigenvalue weighted by atomic mass is 9.96. The number of amides is 2. The molecule has 6 nitrogen and oxygen atoms in total. The van der Waals surface area contributed by atoms with Crippen molar-refractivity contribution in [3.05, 3.63) is 24.3 Å². The number of aliphatic hydroxyl groups is 1. The maximum absolute atomic E-state index is 12.7. The number of hydrogen-bond acceptors (Lipinski definition) is 4. The molecule has 2 fully saturated rings. The third-order valence-corrected chi connectivity index (χ3v) is 4.92. The Morgan fingerprint density at radius 1 is 1.07 bits per heavy atom. The molecule has 1 N–H and O–H groups in total. The first-order valence-corrected chi connectivity index (χ1v) is 9.10. The van der Waals surface area contributed by atoms with Gasteiger partial charge < -0.3 is 19.5 Å². The summed E-state index contributed by atoms with van der Waals surface area (Å²) in [5, 5.41) is 10.6. The number of fused-ring (bicyclic) bond motifs is 1. The average molecular weight is 442 g/mol. The van der Waals surface area contributed by atoms with Gasteiger partial charge in [-0.15, -0.1) is 0 Å². The highest BCUT2D eigenvalue weighted by atomic mass is 19.4. The van der Waals surface area contributed by atoms with E-state index < -0.39 is 37.2 Å². The van der Waals surface area contributed by atoms with E-state index in [1.165, 1.54) is 34.1 Å². The van der Waals surface area contributed by atoms with E-state index >= 15 is 0 Å². The van der Waals surface area contributed by atoms with Crippen LogP contribution in [-0.2, 0) is 4.74 Å². The maximum atomic E-state index is 12.7. The van der Waals surface area contributed by atoms with Crippen molar-refractivity contribution in [2.75, 3.05) is 37.8 Å². The van der Waals surface area contributed by atoms with Gasteiger partial charge in [0.2, 0.25) is 0 Å². The summed E-state index contributed by atoms with van der Waals surface area (Å²) in [7, 11) is 0. The monoisotopic (exact) mass is 442 g/mol. The lowest BCUT2D eigenvalue weighted by Gasteiger charge is -2.25. The fourth-order valence-electron chi connectivity index (χ4n) is 3.62. The van der Waals surface area contributed by atoms with E-state index in [2.05, 4.69) is 9.47 Å². The largest absolute Gasteiger partial charge is 0.484 e. The fraction of sp³-hybridized carbons (Fsp3) is 0.611. The molecule has 0 aromatic heterocycles. The van der Waals surface area contributed by atoms with Crippen molar-refractivity contribution in [2.45, 2.75) is 36.8 Å². The summed E-state index contributed by atoms with van der Waals surface area (Å²) < 4.78 is 82.1. The van der Waals surface area contributed by atoms with Crippen LogP contribution in [0.3, 0.4) is 0 Å². The molecule has 12 heteroatoms. The molecule has 0 unspecified atom stereocenters. The summed E-state index contributed by atoms with van der Waals surface area (Å²) in [6.45, 7) is -2.89. The van der Waals surface area contributed by atoms with E-state index in [9.17, 15) is 36.2 Å². The van der Waals surface area contributed by atoms with Gasteiger partial charge in [0.05, 0.1) is 18.2 Å². The molecule has 2 aliphatic heterocycles. The number of alkyl halides is 6. The number of rotatable bonds is 7. The zero-order valence-corrected chi connectivity index (χ0v) is 15.7. The van der Waals surface area contributed by atoms with Gasteiger partial charge in [-0.05, 0) is 24.3 Å². The number of benzene rings is 1. The Morgan fingerprint density at radius 2 is 1.70 bits per heavy atom. The molecular formula is C18H20F6N2O4. The smallest absolute Gasteiger partial charge is 0.422 e. The van der Waals surface area contributed by atoms with Crippen LogP contribution in [0.4, 0.5) is 36.8 Å². The van der Waals surface area contributed by atoms with E-state index in [4.69, 9.17) is 0 Å². The van der Waals surface area contributed by atoms with Gasteiger partial charge in [-0.25, -0.2) is 4.79 Å². The Labute approximate surface area is 167 Å². The predicted octanol–water partition coefficient (Wildman–Crippen LogP) is 3.34. The van der Waals surface area contributed by atoms with E-state index in [1.807, 2.05) is 0 Å². The van der Waals surface area contributed by atoms with Crippen LogP contribution in [0.25, 0.3) is 0 Å². The van der Waals surface area contributed by atoms with Crippen molar-refractivity contribution in [1.29, 1.82) is 0 Å². The summed E-state index contributed by atoms with van der Waals surface area (Å²) in [4.78, 5) is 15.5. The first kappa shape index (κ1) is 22.5. The Kier molecular flexibility index (Phi) is 6.10. The second-order valence-electron chi connectivity index (χ2n) is 7.42. The van der Waals surface area contributed by atoms with Gasteiger partial charge in [0.1, 0.15) is 12.4 Å². The molecule has 2 amide bonds. The summed E-state index contributed by atoms with van der Waals surface area (Å²) in [6, 6.07) is 4.85. The van der Waals surface area contributed by atoms with Gasteiger partial charge in [0, 0.05) is 31.7 Å². The number of anilines is 1. The van der Waals surface area contributed by atoms with Crippen LogP contribution < -0.4 is 9.64 Å². The van der Waals surface area contributed by atoms with Crippen LogP contribution >= 0.6 is 0 Å². The van der Waals surface area contributed by atoms with Crippen LogP contribution in [0.5, 0.6) is 5.75 Å². The van der Waals surface area contributed by atoms with Gasteiger partial charge in [-0.3, -0.25) is 4.90 Å². The van der Waals surface area contributed by atoms with E-state index in [0.717, 1.165) is 0 Å². The molecule has 1 aromatic rings. The highest BCUT2D eigenvalue weighted by molar-refractivity contribution is 5.95. The summed E-state index contributed by atoms with van der Waals surface area (Å²) in [6.07, 6.45) is -8.74. The van der Waals surface area contributed by atoms with Crippen LogP contribution in [-0.4, -0.2) is 72.9 Å². The average Bonchev–Trinajstić information content (AvgIpc) is 3.11. The first-order chi connectivity index (χ1) is 13.9. The van der Waals surface area contributed by atoms with Gasteiger partial charge in [-0.2, -0.15) is 26.3 Å². The van der Waals surface area contributed by atoms with Crippen LogP contribution in [0.1, 0.15) is 12.8 Å². The molecule has 2 heterocycles. The summed E-state index contributed by atoms with van der Waals surface area (Å²) in [5.74, 6) is 0.0106. The fourth-order valence-corrected chi connectivity index (χ4v) is 3.62. The van der Waals surface area contributed by atoms with E-state index in [1.54, 1.807) is 0 Å². The van der Waals surface area contributed by atoms with Crippen LogP contribution in [0.2, 0.25) is 0 Å². The van der Waals surface area contributed by atoms with Crippen molar-refractivity contribution >= 4 is 11.7 Å². The van der Waals surface area contributed by atoms with E-state index in [-0.39, 0.29) is 44.3 Å². The van der Waals surface area contributed by atoms with Crippen molar-refractivity contribution in [3.63, 3.8) is 0 Å². The minimum Gasteiger partial charge on any atom is -0.484 e. The topological polar surface area (TPSA) is 62.2 Å². The highest BCUT2D eigenvalue weighted by Crippen LogP contribution is 2.37. The van der Waals surface area contributed by atoms with Crippen molar-refractivity contribution in [2.24, 2.45) is 0 Å². The molecular weight excluding hydrogens is 422 g/mol. The number of nitrogens with zero attached hydrogens (tertiary/aromatic N) is 2. The summed E-state index contributed by atoms with van der Waals surface area (Å²) in [5.41, 5.74) is -0.862. The number of hydrogen-bond donors (Lipinski definition) is 1. The number of halogens is 6. The van der Waals surface area contributed by atoms with Crippen molar-refractivity contribution < 1.29 is 45.7 Å². The number of carbonyl (C=O) groups excluding carboxylic acids is 1. The third kappa shape index (κ3) is 5.69. The quantitative estimate of drug-likeness (QED) is 0.520. The molecule has 168 valence electrons. The second kappa shape index (κ2) is 8.14. The number of urea groups is 1. The minimum atomic E-state index is -4.46. The van der Waals surface area contributed by atoms with Crippen LogP contribution in [0, 0.1) is 0 Å². The Hall–Kier alpha value is -2.21. The Balaban J connectivity index is 1.53. The highest BCUT2D eigenvalue weighted by Gasteiger charge is 2.50. The number of carbonyl (C=O) groups is 1. The molecule has 0 radical (unpaired) electrons. The van der Waals surface area contributed by atoms with Gasteiger partial charge in [0.15, 0.2) is 6.61 Å². The Morgan fingerprint density at radius 3 is 2.27 bits per heavy atom. The molecule has 3 rings (SSSR count). The van der Waals surface area contributed by atoms with Crippen LogP contribution in [0.15, 0.2) is 24.3 Å². The third-order valence-electron chi connectivity index (χ3n) is 4.92. The summed E-state index contributed by atoms with van der Waals surface area (Å²) >= 11 is 0. The normalized spacial score (nSPS) is 24.5. The molecule has 2 atom stereocenters. The molecule has 0 bridgehead atoms.